The molecule has 0 rings (SSSR count). The highest BCUT2D eigenvalue weighted by Crippen LogP contribution is 2.21. The van der Waals surface area contributed by atoms with Crippen LogP contribution >= 0.6 is 0 Å². The summed E-state index contributed by atoms with van der Waals surface area (Å²) in [6.07, 6.45) is 2.10. The summed E-state index contributed by atoms with van der Waals surface area (Å²) in [5.41, 5.74) is -0.0605. The van der Waals surface area contributed by atoms with E-state index in [-0.39, 0.29) is 5.60 Å². The molecule has 3 nitrogen and oxygen atoms in total. The predicted octanol–water partition coefficient (Wildman–Crippen LogP) is 2.06. The van der Waals surface area contributed by atoms with Crippen molar-refractivity contribution < 1.29 is 9.47 Å². The van der Waals surface area contributed by atoms with Gasteiger partial charge in [0, 0.05) is 26.9 Å². The Balaban J connectivity index is 4.11. The second-order valence-electron chi connectivity index (χ2n) is 4.82. The molecule has 0 saturated carbocycles. The SMILES string of the molecule is CNC(CC(C)(C)OC)C(C)CCOC. The second-order valence-corrected chi connectivity index (χ2v) is 4.82. The number of ether oxygens (including phenoxy) is 2. The van der Waals surface area contributed by atoms with Gasteiger partial charge in [0.2, 0.25) is 0 Å². The maximum absolute atomic E-state index is 5.45. The van der Waals surface area contributed by atoms with Gasteiger partial charge in [-0.1, -0.05) is 6.92 Å². The minimum absolute atomic E-state index is 0.0605. The highest BCUT2D eigenvalue weighted by Gasteiger charge is 2.25. The molecule has 92 valence electrons. The average molecular weight is 217 g/mol. The number of hydrogen-bond acceptors (Lipinski definition) is 3. The van der Waals surface area contributed by atoms with Crippen LogP contribution in [0.25, 0.3) is 0 Å². The predicted molar refractivity (Wildman–Crippen MR) is 64.2 cm³/mol. The van der Waals surface area contributed by atoms with Gasteiger partial charge < -0.3 is 14.8 Å². The summed E-state index contributed by atoms with van der Waals surface area (Å²) < 4.78 is 10.6. The Kier molecular flexibility index (Phi) is 7.14. The highest BCUT2D eigenvalue weighted by molar-refractivity contribution is 4.81. The van der Waals surface area contributed by atoms with Crippen molar-refractivity contribution in [2.45, 2.75) is 45.3 Å². The number of rotatable bonds is 8. The first kappa shape index (κ1) is 14.9. The molecule has 0 bridgehead atoms. The van der Waals surface area contributed by atoms with Gasteiger partial charge in [0.15, 0.2) is 0 Å². The first-order chi connectivity index (χ1) is 6.96. The van der Waals surface area contributed by atoms with Crippen molar-refractivity contribution in [2.75, 3.05) is 27.9 Å². The van der Waals surface area contributed by atoms with Crippen LogP contribution in [0.15, 0.2) is 0 Å². The minimum Gasteiger partial charge on any atom is -0.385 e. The summed E-state index contributed by atoms with van der Waals surface area (Å²) in [6, 6.07) is 0.482. The van der Waals surface area contributed by atoms with Gasteiger partial charge in [0.1, 0.15) is 0 Å². The zero-order valence-electron chi connectivity index (χ0n) is 11.1. The Morgan fingerprint density at radius 1 is 1.27 bits per heavy atom. The molecule has 15 heavy (non-hydrogen) atoms. The van der Waals surface area contributed by atoms with Crippen molar-refractivity contribution in [1.82, 2.24) is 5.32 Å². The molecule has 2 unspecified atom stereocenters. The van der Waals surface area contributed by atoms with Gasteiger partial charge in [-0.3, -0.25) is 0 Å². The smallest absolute Gasteiger partial charge is 0.0637 e. The first-order valence-electron chi connectivity index (χ1n) is 5.68. The number of nitrogens with one attached hydrogen (secondary N) is 1. The van der Waals surface area contributed by atoms with E-state index >= 15 is 0 Å². The molecule has 0 spiro atoms. The summed E-state index contributed by atoms with van der Waals surface area (Å²) in [7, 11) is 5.53. The zero-order chi connectivity index (χ0) is 11.9. The quantitative estimate of drug-likeness (QED) is 0.675. The maximum atomic E-state index is 5.45. The second kappa shape index (κ2) is 7.20. The van der Waals surface area contributed by atoms with Crippen molar-refractivity contribution in [3.8, 4) is 0 Å². The summed E-state index contributed by atoms with van der Waals surface area (Å²) in [5.74, 6) is 0.601. The Bertz CT molecular complexity index is 160. The monoisotopic (exact) mass is 217 g/mol. The van der Waals surface area contributed by atoms with Crippen molar-refractivity contribution >= 4 is 0 Å². The number of hydrogen-bond donors (Lipinski definition) is 1. The van der Waals surface area contributed by atoms with Crippen molar-refractivity contribution in [3.63, 3.8) is 0 Å². The highest BCUT2D eigenvalue weighted by atomic mass is 16.5. The third kappa shape index (κ3) is 6.13. The van der Waals surface area contributed by atoms with Gasteiger partial charge in [-0.05, 0) is 39.7 Å². The van der Waals surface area contributed by atoms with E-state index in [0.29, 0.717) is 12.0 Å². The molecular formula is C12H27NO2. The van der Waals surface area contributed by atoms with E-state index in [2.05, 4.69) is 26.1 Å². The van der Waals surface area contributed by atoms with E-state index in [1.807, 2.05) is 7.05 Å². The molecule has 1 N–H and O–H groups in total. The molecular weight excluding hydrogens is 190 g/mol. The normalized spacial score (nSPS) is 16.4. The molecule has 0 amide bonds. The summed E-state index contributed by atoms with van der Waals surface area (Å²) in [4.78, 5) is 0. The lowest BCUT2D eigenvalue weighted by Crippen LogP contribution is -2.40. The Morgan fingerprint density at radius 2 is 1.87 bits per heavy atom. The molecule has 0 heterocycles. The third-order valence-electron chi connectivity index (χ3n) is 3.10. The Labute approximate surface area is 94.5 Å². The summed E-state index contributed by atoms with van der Waals surface area (Å²) >= 11 is 0. The van der Waals surface area contributed by atoms with Crippen LogP contribution in [0.4, 0.5) is 0 Å². The van der Waals surface area contributed by atoms with Crippen LogP contribution < -0.4 is 5.32 Å². The van der Waals surface area contributed by atoms with Crippen LogP contribution in [0.5, 0.6) is 0 Å². The molecule has 0 aromatic carbocycles. The van der Waals surface area contributed by atoms with Crippen LogP contribution in [0.3, 0.4) is 0 Å². The minimum atomic E-state index is -0.0605. The molecule has 0 saturated heterocycles. The van der Waals surface area contributed by atoms with Crippen LogP contribution in [-0.4, -0.2) is 39.5 Å². The molecule has 0 fully saturated rings. The summed E-state index contributed by atoms with van der Waals surface area (Å²) in [6.45, 7) is 7.33. The lowest BCUT2D eigenvalue weighted by atomic mass is 9.89. The van der Waals surface area contributed by atoms with Gasteiger partial charge in [-0.2, -0.15) is 0 Å². The first-order valence-corrected chi connectivity index (χ1v) is 5.68. The van der Waals surface area contributed by atoms with Crippen molar-refractivity contribution in [3.05, 3.63) is 0 Å². The lowest BCUT2D eigenvalue weighted by molar-refractivity contribution is 0.00154. The fraction of sp³-hybridized carbons (Fsp3) is 1.00. The van der Waals surface area contributed by atoms with Gasteiger partial charge in [0.25, 0.3) is 0 Å². The fourth-order valence-corrected chi connectivity index (χ4v) is 1.71. The maximum Gasteiger partial charge on any atom is 0.0637 e. The van der Waals surface area contributed by atoms with Crippen molar-refractivity contribution in [2.24, 2.45) is 5.92 Å². The molecule has 0 aromatic rings. The topological polar surface area (TPSA) is 30.5 Å². The van der Waals surface area contributed by atoms with Crippen LogP contribution in [0.1, 0.15) is 33.6 Å². The molecule has 0 aromatic heterocycles. The van der Waals surface area contributed by atoms with E-state index in [0.717, 1.165) is 19.4 Å². The van der Waals surface area contributed by atoms with Crippen LogP contribution in [0, 0.1) is 5.92 Å². The van der Waals surface area contributed by atoms with E-state index in [9.17, 15) is 0 Å². The third-order valence-corrected chi connectivity index (χ3v) is 3.10. The standard InChI is InChI=1S/C12H27NO2/c1-10(7-8-14-5)11(13-4)9-12(2,3)15-6/h10-11,13H,7-9H2,1-6H3. The van der Waals surface area contributed by atoms with E-state index in [1.54, 1.807) is 14.2 Å². The zero-order valence-corrected chi connectivity index (χ0v) is 11.1. The van der Waals surface area contributed by atoms with Gasteiger partial charge in [0.05, 0.1) is 5.60 Å². The molecule has 0 aliphatic rings. The molecule has 0 radical (unpaired) electrons. The van der Waals surface area contributed by atoms with Crippen molar-refractivity contribution in [1.29, 1.82) is 0 Å². The van der Waals surface area contributed by atoms with Gasteiger partial charge in [-0.15, -0.1) is 0 Å². The van der Waals surface area contributed by atoms with E-state index in [4.69, 9.17) is 9.47 Å². The molecule has 2 atom stereocenters. The lowest BCUT2D eigenvalue weighted by Gasteiger charge is -2.31. The van der Waals surface area contributed by atoms with Crippen LogP contribution in [-0.2, 0) is 9.47 Å². The van der Waals surface area contributed by atoms with Gasteiger partial charge >= 0.3 is 0 Å². The Hall–Kier alpha value is -0.120. The van der Waals surface area contributed by atoms with E-state index in [1.165, 1.54) is 0 Å². The molecule has 0 aliphatic carbocycles. The summed E-state index contributed by atoms with van der Waals surface area (Å²) in [5, 5.41) is 3.37. The van der Waals surface area contributed by atoms with E-state index < -0.39 is 0 Å². The fourth-order valence-electron chi connectivity index (χ4n) is 1.71. The van der Waals surface area contributed by atoms with Crippen LogP contribution in [0.2, 0.25) is 0 Å². The average Bonchev–Trinajstić information content (AvgIpc) is 2.22. The van der Waals surface area contributed by atoms with Gasteiger partial charge in [-0.25, -0.2) is 0 Å². The Morgan fingerprint density at radius 3 is 2.27 bits per heavy atom. The molecule has 3 heteroatoms. The largest absolute Gasteiger partial charge is 0.385 e. The number of methoxy groups -OCH3 is 2. The molecule has 0 aliphatic heterocycles.